The van der Waals surface area contributed by atoms with Crippen molar-refractivity contribution in [3.8, 4) is 5.75 Å². The van der Waals surface area contributed by atoms with E-state index in [2.05, 4.69) is 0 Å². The largest absolute Gasteiger partial charge is 0.481 e. The fraction of sp³-hybridized carbons (Fsp3) is 0.200. The second-order valence-electron chi connectivity index (χ2n) is 2.94. The highest BCUT2D eigenvalue weighted by Gasteiger charge is 2.18. The highest BCUT2D eigenvalue weighted by Crippen LogP contribution is 2.09. The number of esters is 1. The van der Waals surface area contributed by atoms with Crippen LogP contribution in [0.4, 0.5) is 0 Å². The van der Waals surface area contributed by atoms with Crippen LogP contribution in [0, 0.1) is 0 Å². The van der Waals surface area contributed by atoms with E-state index in [-0.39, 0.29) is 0 Å². The molecule has 0 heterocycles. The fourth-order valence-corrected chi connectivity index (χ4v) is 0.952. The number of carboxylic acid groups (broad SMARTS) is 1. The summed E-state index contributed by atoms with van der Waals surface area (Å²) in [5.74, 6) is -1.53. The molecule has 0 radical (unpaired) electrons. The monoisotopic (exact) mass is 209 g/mol. The summed E-state index contributed by atoms with van der Waals surface area (Å²) in [7, 11) is 0. The van der Waals surface area contributed by atoms with Crippen molar-refractivity contribution in [1.29, 1.82) is 0 Å². The van der Waals surface area contributed by atoms with Crippen LogP contribution in [0.1, 0.15) is 6.42 Å². The molecule has 0 saturated carbocycles. The lowest BCUT2D eigenvalue weighted by Gasteiger charge is -2.08. The minimum atomic E-state index is -1.14. The number of hydrogen-bond donors (Lipinski definition) is 2. The highest BCUT2D eigenvalue weighted by molar-refractivity contribution is 5.83. The third-order valence-electron chi connectivity index (χ3n) is 1.66. The number of rotatable bonds is 4. The molecule has 0 amide bonds. The SMILES string of the molecule is N[C@@H](CC(=O)O)C(=O)Oc1ccccc1. The van der Waals surface area contributed by atoms with Gasteiger partial charge in [0.1, 0.15) is 11.8 Å². The summed E-state index contributed by atoms with van der Waals surface area (Å²) in [4.78, 5) is 21.5. The minimum absolute atomic E-state index is 0.350. The second-order valence-corrected chi connectivity index (χ2v) is 2.94. The summed E-state index contributed by atoms with van der Waals surface area (Å²) in [5.41, 5.74) is 5.31. The Morgan fingerprint density at radius 3 is 2.47 bits per heavy atom. The summed E-state index contributed by atoms with van der Waals surface area (Å²) in [5, 5.41) is 8.41. The van der Waals surface area contributed by atoms with E-state index in [1.807, 2.05) is 0 Å². The van der Waals surface area contributed by atoms with E-state index in [1.54, 1.807) is 30.3 Å². The van der Waals surface area contributed by atoms with Crippen LogP contribution in [-0.2, 0) is 9.59 Å². The first-order valence-corrected chi connectivity index (χ1v) is 4.33. The van der Waals surface area contributed by atoms with E-state index in [0.29, 0.717) is 5.75 Å². The normalized spacial score (nSPS) is 11.8. The molecule has 0 aliphatic rings. The molecule has 5 nitrogen and oxygen atoms in total. The molecular formula is C10H11NO4. The Hall–Kier alpha value is -1.88. The van der Waals surface area contributed by atoms with Crippen molar-refractivity contribution >= 4 is 11.9 Å². The number of carboxylic acids is 1. The van der Waals surface area contributed by atoms with E-state index >= 15 is 0 Å². The average molecular weight is 209 g/mol. The van der Waals surface area contributed by atoms with Crippen LogP contribution in [-0.4, -0.2) is 23.1 Å². The molecule has 1 aromatic carbocycles. The van der Waals surface area contributed by atoms with Crippen molar-refractivity contribution in [3.63, 3.8) is 0 Å². The highest BCUT2D eigenvalue weighted by atomic mass is 16.5. The summed E-state index contributed by atoms with van der Waals surface area (Å²) >= 11 is 0. The van der Waals surface area contributed by atoms with Crippen LogP contribution < -0.4 is 10.5 Å². The van der Waals surface area contributed by atoms with Crippen molar-refractivity contribution in [1.82, 2.24) is 0 Å². The molecule has 0 unspecified atom stereocenters. The molecule has 0 fully saturated rings. The van der Waals surface area contributed by atoms with Gasteiger partial charge in [-0.3, -0.25) is 4.79 Å². The van der Waals surface area contributed by atoms with Crippen molar-refractivity contribution in [2.75, 3.05) is 0 Å². The molecule has 0 aliphatic heterocycles. The minimum Gasteiger partial charge on any atom is -0.481 e. The topological polar surface area (TPSA) is 89.6 Å². The van der Waals surface area contributed by atoms with Crippen LogP contribution in [0.15, 0.2) is 30.3 Å². The Morgan fingerprint density at radius 1 is 1.33 bits per heavy atom. The number of para-hydroxylation sites is 1. The standard InChI is InChI=1S/C10H11NO4/c11-8(6-9(12)13)10(14)15-7-4-2-1-3-5-7/h1-5,8H,6,11H2,(H,12,13)/t8-/m0/s1. The van der Waals surface area contributed by atoms with Crippen molar-refractivity contribution in [3.05, 3.63) is 30.3 Å². The van der Waals surface area contributed by atoms with E-state index in [1.165, 1.54) is 0 Å². The molecule has 0 bridgehead atoms. The molecule has 0 aromatic heterocycles. The van der Waals surface area contributed by atoms with Gasteiger partial charge in [0.05, 0.1) is 6.42 Å². The van der Waals surface area contributed by atoms with Gasteiger partial charge in [-0.2, -0.15) is 0 Å². The van der Waals surface area contributed by atoms with Crippen LogP contribution in [0.2, 0.25) is 0 Å². The van der Waals surface area contributed by atoms with Crippen molar-refractivity contribution < 1.29 is 19.4 Å². The maximum Gasteiger partial charge on any atom is 0.328 e. The van der Waals surface area contributed by atoms with Gasteiger partial charge >= 0.3 is 11.9 Å². The van der Waals surface area contributed by atoms with E-state index in [9.17, 15) is 9.59 Å². The van der Waals surface area contributed by atoms with Crippen molar-refractivity contribution in [2.45, 2.75) is 12.5 Å². The van der Waals surface area contributed by atoms with E-state index < -0.39 is 24.4 Å². The van der Waals surface area contributed by atoms with Gasteiger partial charge in [0, 0.05) is 0 Å². The van der Waals surface area contributed by atoms with Gasteiger partial charge in [-0.05, 0) is 12.1 Å². The lowest BCUT2D eigenvalue weighted by atomic mass is 10.2. The number of ether oxygens (including phenoxy) is 1. The predicted octanol–water partition coefficient (Wildman–Crippen LogP) is 0.394. The fourth-order valence-electron chi connectivity index (χ4n) is 0.952. The number of carbonyl (C=O) groups is 2. The van der Waals surface area contributed by atoms with Crippen LogP contribution in [0.25, 0.3) is 0 Å². The van der Waals surface area contributed by atoms with Crippen molar-refractivity contribution in [2.24, 2.45) is 5.73 Å². The van der Waals surface area contributed by atoms with Gasteiger partial charge in [0.15, 0.2) is 0 Å². The summed E-state index contributed by atoms with van der Waals surface area (Å²) < 4.78 is 4.85. The maximum atomic E-state index is 11.2. The molecule has 15 heavy (non-hydrogen) atoms. The molecule has 0 spiro atoms. The van der Waals surface area contributed by atoms with Crippen LogP contribution in [0.5, 0.6) is 5.75 Å². The van der Waals surface area contributed by atoms with Gasteiger partial charge in [-0.25, -0.2) is 4.79 Å². The van der Waals surface area contributed by atoms with E-state index in [4.69, 9.17) is 15.6 Å². The molecule has 5 heteroatoms. The van der Waals surface area contributed by atoms with Gasteiger partial charge in [-0.15, -0.1) is 0 Å². The number of benzene rings is 1. The smallest absolute Gasteiger partial charge is 0.328 e. The maximum absolute atomic E-state index is 11.2. The molecule has 0 saturated heterocycles. The third-order valence-corrected chi connectivity index (χ3v) is 1.66. The van der Waals surface area contributed by atoms with Gasteiger partial charge < -0.3 is 15.6 Å². The quantitative estimate of drug-likeness (QED) is 0.553. The summed E-state index contributed by atoms with van der Waals surface area (Å²) in [6.07, 6.45) is -0.439. The first kappa shape index (κ1) is 11.2. The molecule has 1 atom stereocenters. The Morgan fingerprint density at radius 2 is 1.93 bits per heavy atom. The molecule has 1 rings (SSSR count). The number of carbonyl (C=O) groups excluding carboxylic acids is 1. The first-order valence-electron chi connectivity index (χ1n) is 4.33. The lowest BCUT2D eigenvalue weighted by molar-refractivity contribution is -0.143. The zero-order chi connectivity index (χ0) is 11.3. The Balaban J connectivity index is 2.52. The Bertz CT molecular complexity index is 350. The van der Waals surface area contributed by atoms with Crippen LogP contribution >= 0.6 is 0 Å². The number of nitrogens with two attached hydrogens (primary N) is 1. The average Bonchev–Trinajstić information content (AvgIpc) is 2.18. The lowest BCUT2D eigenvalue weighted by Crippen LogP contribution is -2.36. The summed E-state index contributed by atoms with van der Waals surface area (Å²) in [6.45, 7) is 0. The molecular weight excluding hydrogens is 198 g/mol. The third kappa shape index (κ3) is 3.78. The first-order chi connectivity index (χ1) is 7.09. The van der Waals surface area contributed by atoms with Crippen LogP contribution in [0.3, 0.4) is 0 Å². The second kappa shape index (κ2) is 5.11. The molecule has 1 aromatic rings. The van der Waals surface area contributed by atoms with Gasteiger partial charge in [-0.1, -0.05) is 18.2 Å². The van der Waals surface area contributed by atoms with E-state index in [0.717, 1.165) is 0 Å². The number of aliphatic carboxylic acids is 1. The summed E-state index contributed by atoms with van der Waals surface area (Å²) in [6, 6.07) is 7.21. The Kier molecular flexibility index (Phi) is 3.82. The molecule has 3 N–H and O–H groups in total. The Labute approximate surface area is 86.5 Å². The predicted molar refractivity (Wildman–Crippen MR) is 52.3 cm³/mol. The van der Waals surface area contributed by atoms with Gasteiger partial charge in [0.25, 0.3) is 0 Å². The molecule has 0 aliphatic carbocycles. The zero-order valence-electron chi connectivity index (χ0n) is 7.92. The zero-order valence-corrected chi connectivity index (χ0v) is 7.92. The molecule has 80 valence electrons. The van der Waals surface area contributed by atoms with Gasteiger partial charge in [0.2, 0.25) is 0 Å². The number of hydrogen-bond acceptors (Lipinski definition) is 4.